The molecule has 33 heavy (non-hydrogen) atoms. The van der Waals surface area contributed by atoms with Gasteiger partial charge in [-0.3, -0.25) is 9.78 Å². The minimum absolute atomic E-state index is 0.0478. The standard InChI is InChI=1S/C24H25N5O4/c30-24(14-17-5-6-19-20(13-17)32-11-2-10-31-19)29-9-12-33-21(16-29)18-3-1-4-22(27-18)28-23-15-25-7-8-26-23/h1,3-8,13,15,21H,2,9-12,14,16H2,(H,26,27,28). The third-order valence-corrected chi connectivity index (χ3v) is 5.51. The largest absolute Gasteiger partial charge is 0.490 e. The van der Waals surface area contributed by atoms with Gasteiger partial charge in [0.05, 0.1) is 44.7 Å². The first-order chi connectivity index (χ1) is 16.2. The van der Waals surface area contributed by atoms with Crippen molar-refractivity contribution in [2.45, 2.75) is 18.9 Å². The van der Waals surface area contributed by atoms with Crippen molar-refractivity contribution in [3.05, 3.63) is 66.2 Å². The molecule has 4 heterocycles. The van der Waals surface area contributed by atoms with E-state index in [2.05, 4.69) is 20.3 Å². The topological polar surface area (TPSA) is 98.7 Å². The van der Waals surface area contributed by atoms with Crippen molar-refractivity contribution in [3.8, 4) is 11.5 Å². The monoisotopic (exact) mass is 447 g/mol. The number of carbonyl (C=O) groups excluding carboxylic acids is 1. The average molecular weight is 447 g/mol. The SMILES string of the molecule is O=C(Cc1ccc2c(c1)OCCCO2)N1CCOC(c2cccc(Nc3cnccn3)n2)C1. The Morgan fingerprint density at radius 3 is 2.85 bits per heavy atom. The molecule has 0 bridgehead atoms. The molecule has 3 aromatic rings. The van der Waals surface area contributed by atoms with E-state index in [0.717, 1.165) is 23.4 Å². The van der Waals surface area contributed by atoms with Crippen molar-refractivity contribution < 1.29 is 19.0 Å². The zero-order valence-corrected chi connectivity index (χ0v) is 18.1. The molecule has 1 unspecified atom stereocenters. The number of anilines is 2. The predicted octanol–water partition coefficient (Wildman–Crippen LogP) is 2.92. The summed E-state index contributed by atoms with van der Waals surface area (Å²) in [5.41, 5.74) is 1.66. The Labute approximate surface area is 191 Å². The van der Waals surface area contributed by atoms with Crippen molar-refractivity contribution in [2.75, 3.05) is 38.2 Å². The van der Waals surface area contributed by atoms with E-state index in [1.54, 1.807) is 18.6 Å². The molecule has 1 N–H and O–H groups in total. The Bertz CT molecular complexity index is 1110. The number of nitrogens with one attached hydrogen (secondary N) is 1. The summed E-state index contributed by atoms with van der Waals surface area (Å²) in [4.78, 5) is 27.8. The van der Waals surface area contributed by atoms with Gasteiger partial charge >= 0.3 is 0 Å². The molecule has 0 spiro atoms. The Hall–Kier alpha value is -3.72. The van der Waals surface area contributed by atoms with Crippen LogP contribution in [-0.4, -0.2) is 58.7 Å². The number of benzene rings is 1. The first-order valence-corrected chi connectivity index (χ1v) is 11.0. The lowest BCUT2D eigenvalue weighted by atomic mass is 10.1. The van der Waals surface area contributed by atoms with E-state index in [1.165, 1.54) is 0 Å². The number of pyridine rings is 1. The first-order valence-electron chi connectivity index (χ1n) is 11.0. The summed E-state index contributed by atoms with van der Waals surface area (Å²) in [6.45, 7) is 2.72. The van der Waals surface area contributed by atoms with Gasteiger partial charge in [0.25, 0.3) is 0 Å². The van der Waals surface area contributed by atoms with Crippen molar-refractivity contribution in [3.63, 3.8) is 0 Å². The lowest BCUT2D eigenvalue weighted by Gasteiger charge is -2.33. The second kappa shape index (κ2) is 9.83. The number of amides is 1. The summed E-state index contributed by atoms with van der Waals surface area (Å²) in [7, 11) is 0. The van der Waals surface area contributed by atoms with Gasteiger partial charge in [0.1, 0.15) is 17.7 Å². The summed E-state index contributed by atoms with van der Waals surface area (Å²) in [5.74, 6) is 2.74. The molecule has 2 aromatic heterocycles. The van der Waals surface area contributed by atoms with Gasteiger partial charge in [-0.25, -0.2) is 9.97 Å². The van der Waals surface area contributed by atoms with E-state index in [4.69, 9.17) is 14.2 Å². The van der Waals surface area contributed by atoms with Crippen LogP contribution in [0.1, 0.15) is 23.8 Å². The fourth-order valence-electron chi connectivity index (χ4n) is 3.85. The maximum atomic E-state index is 13.0. The van der Waals surface area contributed by atoms with E-state index in [0.29, 0.717) is 56.7 Å². The van der Waals surface area contributed by atoms with Crippen LogP contribution >= 0.6 is 0 Å². The molecule has 1 atom stereocenters. The highest BCUT2D eigenvalue weighted by Gasteiger charge is 2.27. The Balaban J connectivity index is 1.24. The summed E-state index contributed by atoms with van der Waals surface area (Å²) in [5, 5.41) is 3.14. The molecule has 1 fully saturated rings. The van der Waals surface area contributed by atoms with Gasteiger partial charge in [-0.05, 0) is 29.8 Å². The molecule has 1 aromatic carbocycles. The summed E-state index contributed by atoms with van der Waals surface area (Å²) in [6.07, 6.45) is 5.71. The fourth-order valence-corrected chi connectivity index (χ4v) is 3.85. The van der Waals surface area contributed by atoms with Crippen LogP contribution in [-0.2, 0) is 16.0 Å². The zero-order chi connectivity index (χ0) is 22.5. The second-order valence-corrected chi connectivity index (χ2v) is 7.87. The van der Waals surface area contributed by atoms with Crippen LogP contribution in [0.3, 0.4) is 0 Å². The van der Waals surface area contributed by atoms with Crippen LogP contribution in [0.15, 0.2) is 55.0 Å². The maximum Gasteiger partial charge on any atom is 0.227 e. The molecule has 2 aliphatic rings. The van der Waals surface area contributed by atoms with E-state index in [9.17, 15) is 4.79 Å². The quantitative estimate of drug-likeness (QED) is 0.638. The highest BCUT2D eigenvalue weighted by molar-refractivity contribution is 5.79. The summed E-state index contributed by atoms with van der Waals surface area (Å²) >= 11 is 0. The highest BCUT2D eigenvalue weighted by atomic mass is 16.5. The van der Waals surface area contributed by atoms with Crippen molar-refractivity contribution in [2.24, 2.45) is 0 Å². The molecule has 170 valence electrons. The third-order valence-electron chi connectivity index (χ3n) is 5.51. The van der Waals surface area contributed by atoms with Crippen LogP contribution < -0.4 is 14.8 Å². The number of nitrogens with zero attached hydrogens (tertiary/aromatic N) is 4. The molecular weight excluding hydrogens is 422 g/mol. The van der Waals surface area contributed by atoms with Crippen molar-refractivity contribution in [1.82, 2.24) is 19.9 Å². The van der Waals surface area contributed by atoms with Gasteiger partial charge in [-0.15, -0.1) is 0 Å². The fraction of sp³-hybridized carbons (Fsp3) is 0.333. The van der Waals surface area contributed by atoms with Gasteiger partial charge < -0.3 is 24.4 Å². The van der Waals surface area contributed by atoms with Gasteiger partial charge in [0.2, 0.25) is 5.91 Å². The number of aromatic nitrogens is 3. The Morgan fingerprint density at radius 2 is 1.97 bits per heavy atom. The molecule has 0 saturated carbocycles. The van der Waals surface area contributed by atoms with E-state index < -0.39 is 0 Å². The number of morpholine rings is 1. The number of hydrogen-bond donors (Lipinski definition) is 1. The van der Waals surface area contributed by atoms with Gasteiger partial charge in [0, 0.05) is 25.4 Å². The lowest BCUT2D eigenvalue weighted by Crippen LogP contribution is -2.43. The average Bonchev–Trinajstić information content (AvgIpc) is 3.10. The van der Waals surface area contributed by atoms with Crippen LogP contribution in [0.2, 0.25) is 0 Å². The molecule has 9 nitrogen and oxygen atoms in total. The Kier molecular flexibility index (Phi) is 6.30. The molecule has 2 aliphatic heterocycles. The molecule has 0 radical (unpaired) electrons. The molecular formula is C24H25N5O4. The summed E-state index contributed by atoms with van der Waals surface area (Å²) in [6, 6.07) is 11.4. The summed E-state index contributed by atoms with van der Waals surface area (Å²) < 4.78 is 17.4. The second-order valence-electron chi connectivity index (χ2n) is 7.87. The van der Waals surface area contributed by atoms with E-state index in [1.807, 2.05) is 41.3 Å². The van der Waals surface area contributed by atoms with Crippen LogP contribution in [0.25, 0.3) is 0 Å². The number of ether oxygens (including phenoxy) is 3. The number of rotatable bonds is 5. The minimum Gasteiger partial charge on any atom is -0.490 e. The normalized spacial score (nSPS) is 17.8. The molecule has 1 amide bonds. The maximum absolute atomic E-state index is 13.0. The van der Waals surface area contributed by atoms with Crippen molar-refractivity contribution >= 4 is 17.5 Å². The predicted molar refractivity (Wildman–Crippen MR) is 121 cm³/mol. The van der Waals surface area contributed by atoms with Crippen molar-refractivity contribution in [1.29, 1.82) is 0 Å². The molecule has 1 saturated heterocycles. The van der Waals surface area contributed by atoms with Gasteiger partial charge in [-0.1, -0.05) is 12.1 Å². The lowest BCUT2D eigenvalue weighted by molar-refractivity contribution is -0.138. The first kappa shape index (κ1) is 21.1. The third kappa shape index (κ3) is 5.20. The number of fused-ring (bicyclic) bond motifs is 1. The van der Waals surface area contributed by atoms with Crippen LogP contribution in [0.5, 0.6) is 11.5 Å². The van der Waals surface area contributed by atoms with E-state index >= 15 is 0 Å². The van der Waals surface area contributed by atoms with Gasteiger partial charge in [-0.2, -0.15) is 0 Å². The van der Waals surface area contributed by atoms with Crippen LogP contribution in [0, 0.1) is 0 Å². The number of hydrogen-bond acceptors (Lipinski definition) is 8. The van der Waals surface area contributed by atoms with Gasteiger partial charge in [0.15, 0.2) is 11.5 Å². The van der Waals surface area contributed by atoms with Crippen LogP contribution in [0.4, 0.5) is 11.6 Å². The number of carbonyl (C=O) groups is 1. The molecule has 5 rings (SSSR count). The minimum atomic E-state index is -0.296. The highest BCUT2D eigenvalue weighted by Crippen LogP contribution is 2.31. The molecule has 9 heteroatoms. The molecule has 0 aliphatic carbocycles. The zero-order valence-electron chi connectivity index (χ0n) is 18.1. The Morgan fingerprint density at radius 1 is 1.06 bits per heavy atom. The van der Waals surface area contributed by atoms with E-state index in [-0.39, 0.29) is 12.0 Å². The smallest absolute Gasteiger partial charge is 0.227 e.